The van der Waals surface area contributed by atoms with Crippen LogP contribution in [0.2, 0.25) is 5.02 Å². The number of ether oxygens (including phenoxy) is 1. The maximum Gasteiger partial charge on any atom is 0.233 e. The van der Waals surface area contributed by atoms with Crippen LogP contribution in [0.5, 0.6) is 11.6 Å². The highest BCUT2D eigenvalue weighted by molar-refractivity contribution is 6.31. The lowest BCUT2D eigenvalue weighted by Gasteiger charge is -2.08. The number of benzene rings is 2. The molecule has 6 nitrogen and oxygen atoms in total. The average molecular weight is 388 g/mol. The molecule has 0 aliphatic carbocycles. The van der Waals surface area contributed by atoms with Gasteiger partial charge < -0.3 is 4.74 Å². The van der Waals surface area contributed by atoms with Crippen LogP contribution in [0.3, 0.4) is 0 Å². The Labute approximate surface area is 165 Å². The van der Waals surface area contributed by atoms with E-state index in [2.05, 4.69) is 20.1 Å². The van der Waals surface area contributed by atoms with Crippen molar-refractivity contribution in [2.75, 3.05) is 0 Å². The van der Waals surface area contributed by atoms with E-state index in [1.165, 1.54) is 6.33 Å². The maximum atomic E-state index is 6.27. The fourth-order valence-corrected chi connectivity index (χ4v) is 3.24. The van der Waals surface area contributed by atoms with E-state index in [1.54, 1.807) is 17.1 Å². The fraction of sp³-hybridized carbons (Fsp3) is 0.0476. The molecule has 3 heterocycles. The van der Waals surface area contributed by atoms with Crippen molar-refractivity contribution in [3.05, 3.63) is 77.8 Å². The first-order chi connectivity index (χ1) is 13.7. The largest absolute Gasteiger partial charge is 0.436 e. The van der Waals surface area contributed by atoms with Gasteiger partial charge in [0.05, 0.1) is 11.9 Å². The lowest BCUT2D eigenvalue weighted by molar-refractivity contribution is 0.472. The molecule has 0 saturated carbocycles. The van der Waals surface area contributed by atoms with Gasteiger partial charge in [0.1, 0.15) is 17.2 Å². The summed E-state index contributed by atoms with van der Waals surface area (Å²) in [6.07, 6.45) is 4.89. The fourth-order valence-electron chi connectivity index (χ4n) is 3.07. The van der Waals surface area contributed by atoms with E-state index in [-0.39, 0.29) is 0 Å². The smallest absolute Gasteiger partial charge is 0.233 e. The van der Waals surface area contributed by atoms with Crippen LogP contribution in [0.15, 0.2) is 67.3 Å². The molecule has 0 bridgehead atoms. The number of hydrogen-bond acceptors (Lipinski definition) is 5. The van der Waals surface area contributed by atoms with E-state index < -0.39 is 0 Å². The summed E-state index contributed by atoms with van der Waals surface area (Å²) in [5, 5.41) is 6.83. The van der Waals surface area contributed by atoms with E-state index in [4.69, 9.17) is 16.3 Å². The summed E-state index contributed by atoms with van der Waals surface area (Å²) in [7, 11) is 0. The van der Waals surface area contributed by atoms with Crippen molar-refractivity contribution >= 4 is 33.5 Å². The number of para-hydroxylation sites is 1. The molecular formula is C21H14ClN5O. The topological polar surface area (TPSA) is 65.7 Å². The first-order valence-corrected chi connectivity index (χ1v) is 9.05. The maximum absolute atomic E-state index is 6.27. The molecule has 7 heteroatoms. The Morgan fingerprint density at radius 2 is 1.89 bits per heavy atom. The number of pyridine rings is 1. The number of aromatic nitrogens is 5. The van der Waals surface area contributed by atoms with E-state index in [9.17, 15) is 0 Å². The molecule has 0 N–H and O–H groups in total. The predicted molar refractivity (Wildman–Crippen MR) is 108 cm³/mol. The lowest BCUT2D eigenvalue weighted by atomic mass is 10.2. The molecule has 0 spiro atoms. The van der Waals surface area contributed by atoms with Crippen LogP contribution in [-0.2, 0) is 0 Å². The van der Waals surface area contributed by atoms with Gasteiger partial charge in [-0.2, -0.15) is 5.10 Å². The first-order valence-electron chi connectivity index (χ1n) is 8.67. The van der Waals surface area contributed by atoms with E-state index in [1.807, 2.05) is 55.5 Å². The van der Waals surface area contributed by atoms with E-state index in [0.29, 0.717) is 27.7 Å². The Bertz CT molecular complexity index is 1330. The third-order valence-electron chi connectivity index (χ3n) is 4.53. The van der Waals surface area contributed by atoms with Crippen molar-refractivity contribution in [2.24, 2.45) is 0 Å². The number of halogens is 1. The van der Waals surface area contributed by atoms with Gasteiger partial charge >= 0.3 is 0 Å². The normalized spacial score (nSPS) is 11.2. The molecule has 0 saturated heterocycles. The summed E-state index contributed by atoms with van der Waals surface area (Å²) in [6.45, 7) is 1.96. The molecule has 0 aliphatic rings. The van der Waals surface area contributed by atoms with Gasteiger partial charge in [-0.1, -0.05) is 35.9 Å². The Hall–Kier alpha value is -3.51. The zero-order chi connectivity index (χ0) is 19.1. The minimum Gasteiger partial charge on any atom is -0.436 e. The summed E-state index contributed by atoms with van der Waals surface area (Å²) in [4.78, 5) is 13.1. The van der Waals surface area contributed by atoms with Crippen LogP contribution in [-0.4, -0.2) is 24.7 Å². The SMILES string of the molecule is Cc1ccc(-n2ncc3c(Oc4cccc5cccnc45)ncnc32)cc1Cl. The van der Waals surface area contributed by atoms with Gasteiger partial charge in [0.15, 0.2) is 11.4 Å². The average Bonchev–Trinajstić information content (AvgIpc) is 3.16. The van der Waals surface area contributed by atoms with Crippen molar-refractivity contribution in [1.82, 2.24) is 24.7 Å². The molecule has 2 aromatic carbocycles. The summed E-state index contributed by atoms with van der Waals surface area (Å²) >= 11 is 6.27. The Morgan fingerprint density at radius 1 is 1.00 bits per heavy atom. The Morgan fingerprint density at radius 3 is 2.79 bits per heavy atom. The van der Waals surface area contributed by atoms with E-state index >= 15 is 0 Å². The molecule has 136 valence electrons. The molecule has 0 atom stereocenters. The van der Waals surface area contributed by atoms with Crippen molar-refractivity contribution in [2.45, 2.75) is 6.92 Å². The number of nitrogens with zero attached hydrogens (tertiary/aromatic N) is 5. The highest BCUT2D eigenvalue weighted by atomic mass is 35.5. The number of fused-ring (bicyclic) bond motifs is 2. The molecule has 0 amide bonds. The summed E-state index contributed by atoms with van der Waals surface area (Å²) in [5.41, 5.74) is 3.23. The van der Waals surface area contributed by atoms with Crippen LogP contribution in [0, 0.1) is 6.92 Å². The van der Waals surface area contributed by atoms with Crippen LogP contribution in [0.1, 0.15) is 5.56 Å². The van der Waals surface area contributed by atoms with Gasteiger partial charge in [-0.25, -0.2) is 14.6 Å². The van der Waals surface area contributed by atoms with Crippen LogP contribution >= 0.6 is 11.6 Å². The molecule has 3 aromatic heterocycles. The first kappa shape index (κ1) is 16.6. The summed E-state index contributed by atoms with van der Waals surface area (Å²) in [5.74, 6) is 1.05. The summed E-state index contributed by atoms with van der Waals surface area (Å²) < 4.78 is 7.82. The predicted octanol–water partition coefficient (Wildman–Crippen LogP) is 5.12. The second-order valence-corrected chi connectivity index (χ2v) is 6.75. The van der Waals surface area contributed by atoms with E-state index in [0.717, 1.165) is 22.2 Å². The quantitative estimate of drug-likeness (QED) is 0.430. The van der Waals surface area contributed by atoms with Crippen molar-refractivity contribution in [3.8, 4) is 17.3 Å². The van der Waals surface area contributed by atoms with Crippen molar-refractivity contribution in [1.29, 1.82) is 0 Å². The molecule has 5 aromatic rings. The van der Waals surface area contributed by atoms with Crippen LogP contribution in [0.25, 0.3) is 27.6 Å². The van der Waals surface area contributed by atoms with Gasteiger partial charge in [-0.3, -0.25) is 4.98 Å². The monoisotopic (exact) mass is 387 g/mol. The zero-order valence-corrected chi connectivity index (χ0v) is 15.6. The van der Waals surface area contributed by atoms with Gasteiger partial charge in [-0.15, -0.1) is 0 Å². The molecule has 0 aliphatic heterocycles. The minimum absolute atomic E-state index is 0.424. The van der Waals surface area contributed by atoms with Crippen LogP contribution in [0.4, 0.5) is 0 Å². The summed E-state index contributed by atoms with van der Waals surface area (Å²) in [6, 6.07) is 15.4. The molecule has 0 radical (unpaired) electrons. The van der Waals surface area contributed by atoms with Crippen LogP contribution < -0.4 is 4.74 Å². The van der Waals surface area contributed by atoms with Crippen molar-refractivity contribution in [3.63, 3.8) is 0 Å². The molecule has 0 unspecified atom stereocenters. The minimum atomic E-state index is 0.424. The van der Waals surface area contributed by atoms with Crippen molar-refractivity contribution < 1.29 is 4.74 Å². The highest BCUT2D eigenvalue weighted by Crippen LogP contribution is 2.31. The Kier molecular flexibility index (Phi) is 3.91. The Balaban J connectivity index is 1.61. The standard InChI is InChI=1S/C21H14ClN5O/c1-13-7-8-15(10-17(13)22)27-20-16(11-26-27)21(25-12-24-20)28-18-6-2-4-14-5-3-9-23-19(14)18/h2-12H,1H3. The number of hydrogen-bond donors (Lipinski definition) is 0. The molecule has 0 fully saturated rings. The number of aryl methyl sites for hydroxylation is 1. The van der Waals surface area contributed by atoms with Gasteiger partial charge in [0.2, 0.25) is 5.88 Å². The highest BCUT2D eigenvalue weighted by Gasteiger charge is 2.14. The lowest BCUT2D eigenvalue weighted by Crippen LogP contribution is -1.99. The molecule has 5 rings (SSSR count). The third-order valence-corrected chi connectivity index (χ3v) is 4.94. The zero-order valence-electron chi connectivity index (χ0n) is 14.9. The molecular weight excluding hydrogens is 374 g/mol. The van der Waals surface area contributed by atoms with Gasteiger partial charge in [-0.05, 0) is 36.8 Å². The van der Waals surface area contributed by atoms with Gasteiger partial charge in [0.25, 0.3) is 0 Å². The molecule has 28 heavy (non-hydrogen) atoms. The van der Waals surface area contributed by atoms with Gasteiger partial charge in [0, 0.05) is 16.6 Å². The second kappa shape index (κ2) is 6.58. The second-order valence-electron chi connectivity index (χ2n) is 6.34. The number of rotatable bonds is 3. The third kappa shape index (κ3) is 2.75.